The van der Waals surface area contributed by atoms with Crippen molar-refractivity contribution in [2.75, 3.05) is 18.5 Å². The average Bonchev–Trinajstić information content (AvgIpc) is 2.79. The minimum absolute atomic E-state index is 0.644. The van der Waals surface area contributed by atoms with E-state index in [4.69, 9.17) is 4.74 Å². The predicted molar refractivity (Wildman–Crippen MR) is 66.7 cm³/mol. The summed E-state index contributed by atoms with van der Waals surface area (Å²) < 4.78 is 7.14. The summed E-state index contributed by atoms with van der Waals surface area (Å²) in [5.41, 5.74) is 0.960. The lowest BCUT2D eigenvalue weighted by Crippen LogP contribution is -2.01. The Balaban J connectivity index is 2.22. The van der Waals surface area contributed by atoms with Crippen molar-refractivity contribution in [2.24, 2.45) is 0 Å². The Labute approximate surface area is 100 Å². The summed E-state index contributed by atoms with van der Waals surface area (Å²) in [6, 6.07) is 3.86. The normalized spacial score (nSPS) is 10.2. The molecule has 2 rings (SSSR count). The van der Waals surface area contributed by atoms with Gasteiger partial charge in [-0.3, -0.25) is 0 Å². The zero-order valence-corrected chi connectivity index (χ0v) is 10.1. The zero-order valence-electron chi connectivity index (χ0n) is 10.1. The van der Waals surface area contributed by atoms with Crippen molar-refractivity contribution in [2.45, 2.75) is 13.8 Å². The van der Waals surface area contributed by atoms with Crippen LogP contribution in [0.25, 0.3) is 5.69 Å². The molecule has 0 radical (unpaired) electrons. The van der Waals surface area contributed by atoms with Crippen molar-refractivity contribution in [3.8, 4) is 11.4 Å². The molecule has 0 aliphatic heterocycles. The molecule has 90 valence electrons. The molecule has 0 unspecified atom stereocenters. The fourth-order valence-corrected chi connectivity index (χ4v) is 1.53. The van der Waals surface area contributed by atoms with E-state index in [-0.39, 0.29) is 0 Å². The third-order valence-electron chi connectivity index (χ3n) is 2.24. The number of hydrogen-bond donors (Lipinski definition) is 1. The van der Waals surface area contributed by atoms with Gasteiger partial charge in [-0.15, -0.1) is 0 Å². The quantitative estimate of drug-likeness (QED) is 0.857. The van der Waals surface area contributed by atoms with Gasteiger partial charge in [0.15, 0.2) is 5.75 Å². The van der Waals surface area contributed by atoms with Crippen LogP contribution in [-0.2, 0) is 0 Å². The first-order chi connectivity index (χ1) is 8.33. The first kappa shape index (κ1) is 11.4. The highest BCUT2D eigenvalue weighted by atomic mass is 16.5. The van der Waals surface area contributed by atoms with E-state index in [2.05, 4.69) is 15.4 Å². The number of rotatable bonds is 5. The molecule has 0 bridgehead atoms. The summed E-state index contributed by atoms with van der Waals surface area (Å²) in [5, 5.41) is 7.41. The van der Waals surface area contributed by atoms with Crippen LogP contribution in [-0.4, -0.2) is 27.9 Å². The van der Waals surface area contributed by atoms with Gasteiger partial charge in [-0.1, -0.05) is 0 Å². The van der Waals surface area contributed by atoms with Gasteiger partial charge >= 0.3 is 0 Å². The Morgan fingerprint density at radius 2 is 2.29 bits per heavy atom. The fraction of sp³-hybridized carbons (Fsp3) is 0.333. The predicted octanol–water partition coefficient (Wildman–Crippen LogP) is 2.10. The molecule has 2 aromatic rings. The zero-order chi connectivity index (χ0) is 12.1. The minimum Gasteiger partial charge on any atom is -0.491 e. The molecule has 17 heavy (non-hydrogen) atoms. The van der Waals surface area contributed by atoms with E-state index >= 15 is 0 Å². The molecular weight excluding hydrogens is 216 g/mol. The van der Waals surface area contributed by atoms with Gasteiger partial charge in [-0.25, -0.2) is 9.67 Å². The van der Waals surface area contributed by atoms with Crippen LogP contribution >= 0.6 is 0 Å². The van der Waals surface area contributed by atoms with Crippen LogP contribution in [0.1, 0.15) is 13.8 Å². The molecule has 5 nitrogen and oxygen atoms in total. The fourth-order valence-electron chi connectivity index (χ4n) is 1.53. The van der Waals surface area contributed by atoms with Crippen LogP contribution in [0.4, 0.5) is 5.82 Å². The van der Waals surface area contributed by atoms with Gasteiger partial charge in [0.1, 0.15) is 5.82 Å². The molecule has 0 atom stereocenters. The molecule has 0 aliphatic carbocycles. The number of pyridine rings is 1. The monoisotopic (exact) mass is 232 g/mol. The van der Waals surface area contributed by atoms with E-state index < -0.39 is 0 Å². The molecule has 1 N–H and O–H groups in total. The van der Waals surface area contributed by atoms with E-state index in [0.717, 1.165) is 23.8 Å². The van der Waals surface area contributed by atoms with Crippen molar-refractivity contribution in [1.29, 1.82) is 0 Å². The largest absolute Gasteiger partial charge is 0.491 e. The van der Waals surface area contributed by atoms with E-state index in [9.17, 15) is 0 Å². The molecule has 2 aromatic heterocycles. The Hall–Kier alpha value is -2.04. The summed E-state index contributed by atoms with van der Waals surface area (Å²) >= 11 is 0. The lowest BCUT2D eigenvalue weighted by Gasteiger charge is -2.05. The summed E-state index contributed by atoms with van der Waals surface area (Å²) in [6.07, 6.45) is 5.32. The maximum atomic E-state index is 5.37. The molecule has 0 saturated heterocycles. The van der Waals surface area contributed by atoms with Crippen molar-refractivity contribution in [3.05, 3.63) is 30.7 Å². The molecule has 0 spiro atoms. The van der Waals surface area contributed by atoms with Crippen molar-refractivity contribution in [3.63, 3.8) is 0 Å². The third-order valence-corrected chi connectivity index (χ3v) is 2.24. The summed E-state index contributed by atoms with van der Waals surface area (Å²) in [6.45, 7) is 5.48. The summed E-state index contributed by atoms with van der Waals surface area (Å²) in [4.78, 5) is 4.21. The third kappa shape index (κ3) is 2.75. The summed E-state index contributed by atoms with van der Waals surface area (Å²) in [5.74, 6) is 1.62. The standard InChI is InChI=1S/C12H16N4O/c1-3-13-12-7-10(5-6-14-12)16-9-11(8-15-16)17-4-2/h5-9H,3-4H2,1-2H3,(H,13,14). The van der Waals surface area contributed by atoms with E-state index in [1.807, 2.05) is 32.2 Å². The molecular formula is C12H16N4O. The molecule has 5 heteroatoms. The minimum atomic E-state index is 0.644. The van der Waals surface area contributed by atoms with Crippen LogP contribution in [0.2, 0.25) is 0 Å². The number of anilines is 1. The molecule has 0 fully saturated rings. The molecule has 0 saturated carbocycles. The van der Waals surface area contributed by atoms with Crippen LogP contribution in [0.3, 0.4) is 0 Å². The van der Waals surface area contributed by atoms with Gasteiger partial charge in [-0.05, 0) is 19.9 Å². The van der Waals surface area contributed by atoms with E-state index in [0.29, 0.717) is 6.61 Å². The number of ether oxygens (including phenoxy) is 1. The van der Waals surface area contributed by atoms with Crippen LogP contribution in [0.15, 0.2) is 30.7 Å². The highest BCUT2D eigenvalue weighted by molar-refractivity contribution is 5.44. The molecule has 0 aromatic carbocycles. The van der Waals surface area contributed by atoms with Crippen molar-refractivity contribution < 1.29 is 4.74 Å². The average molecular weight is 232 g/mol. The lowest BCUT2D eigenvalue weighted by atomic mass is 10.4. The second kappa shape index (κ2) is 5.34. The number of aromatic nitrogens is 3. The Bertz CT molecular complexity index is 481. The maximum absolute atomic E-state index is 5.37. The smallest absolute Gasteiger partial charge is 0.157 e. The van der Waals surface area contributed by atoms with E-state index in [1.54, 1.807) is 17.1 Å². The number of nitrogens with zero attached hydrogens (tertiary/aromatic N) is 3. The molecule has 0 amide bonds. The Morgan fingerprint density at radius 1 is 1.41 bits per heavy atom. The second-order valence-electron chi connectivity index (χ2n) is 3.48. The highest BCUT2D eigenvalue weighted by Gasteiger charge is 2.02. The van der Waals surface area contributed by atoms with Crippen LogP contribution in [0.5, 0.6) is 5.75 Å². The SMILES string of the molecule is CCNc1cc(-n2cc(OCC)cn2)ccn1. The van der Waals surface area contributed by atoms with Gasteiger partial charge in [0.25, 0.3) is 0 Å². The number of nitrogens with one attached hydrogen (secondary N) is 1. The second-order valence-corrected chi connectivity index (χ2v) is 3.48. The van der Waals surface area contributed by atoms with Crippen molar-refractivity contribution >= 4 is 5.82 Å². The van der Waals surface area contributed by atoms with Gasteiger partial charge < -0.3 is 10.1 Å². The topological polar surface area (TPSA) is 52.0 Å². The first-order valence-electron chi connectivity index (χ1n) is 5.71. The van der Waals surface area contributed by atoms with Crippen LogP contribution < -0.4 is 10.1 Å². The maximum Gasteiger partial charge on any atom is 0.157 e. The van der Waals surface area contributed by atoms with Gasteiger partial charge in [0, 0.05) is 18.8 Å². The number of hydrogen-bond acceptors (Lipinski definition) is 4. The Morgan fingerprint density at radius 3 is 3.06 bits per heavy atom. The lowest BCUT2D eigenvalue weighted by molar-refractivity contribution is 0.340. The van der Waals surface area contributed by atoms with Crippen molar-refractivity contribution in [1.82, 2.24) is 14.8 Å². The van der Waals surface area contributed by atoms with Crippen LogP contribution in [0, 0.1) is 0 Å². The molecule has 2 heterocycles. The highest BCUT2D eigenvalue weighted by Crippen LogP contribution is 2.15. The van der Waals surface area contributed by atoms with Gasteiger partial charge in [0.05, 0.1) is 24.7 Å². The summed E-state index contributed by atoms with van der Waals surface area (Å²) in [7, 11) is 0. The first-order valence-corrected chi connectivity index (χ1v) is 5.71. The molecule has 0 aliphatic rings. The Kier molecular flexibility index (Phi) is 3.59. The van der Waals surface area contributed by atoms with Gasteiger partial charge in [-0.2, -0.15) is 5.10 Å². The van der Waals surface area contributed by atoms with Gasteiger partial charge in [0.2, 0.25) is 0 Å². The van der Waals surface area contributed by atoms with E-state index in [1.165, 1.54) is 0 Å².